The van der Waals surface area contributed by atoms with Crippen LogP contribution in [0.1, 0.15) is 11.1 Å². The summed E-state index contributed by atoms with van der Waals surface area (Å²) < 4.78 is 0. The number of nitrogens with zero attached hydrogens (tertiary/aromatic N) is 3. The van der Waals surface area contributed by atoms with E-state index in [0.717, 1.165) is 5.56 Å². The van der Waals surface area contributed by atoms with E-state index < -0.39 is 0 Å². The van der Waals surface area contributed by atoms with Gasteiger partial charge in [-0.1, -0.05) is 23.9 Å². The van der Waals surface area contributed by atoms with Crippen molar-refractivity contribution in [3.63, 3.8) is 0 Å². The molecule has 0 saturated carbocycles. The van der Waals surface area contributed by atoms with Crippen LogP contribution in [0.2, 0.25) is 0 Å². The van der Waals surface area contributed by atoms with Crippen molar-refractivity contribution in [3.8, 4) is 6.07 Å². The van der Waals surface area contributed by atoms with Gasteiger partial charge in [0.05, 0.1) is 11.6 Å². The molecule has 0 aliphatic carbocycles. The molecule has 0 aliphatic rings. The summed E-state index contributed by atoms with van der Waals surface area (Å²) in [6, 6.07) is 11.2. The highest BCUT2D eigenvalue weighted by Gasteiger charge is 2.02. The molecule has 0 aliphatic heterocycles. The summed E-state index contributed by atoms with van der Waals surface area (Å²) in [5.74, 6) is 1.12. The molecule has 2 rings (SSSR count). The van der Waals surface area contributed by atoms with Crippen LogP contribution < -0.4 is 11.1 Å². The molecule has 1 aromatic carbocycles. The minimum Gasteiger partial charge on any atom is -0.383 e. The maximum absolute atomic E-state index is 8.84. The van der Waals surface area contributed by atoms with E-state index in [0.29, 0.717) is 28.9 Å². The summed E-state index contributed by atoms with van der Waals surface area (Å²) >= 11 is 1.44. The maximum Gasteiger partial charge on any atom is 0.191 e. The van der Waals surface area contributed by atoms with Crippen molar-refractivity contribution in [2.75, 3.05) is 17.3 Å². The topological polar surface area (TPSA) is 87.6 Å². The summed E-state index contributed by atoms with van der Waals surface area (Å²) in [6.45, 7) is 0.583. The highest BCUT2D eigenvalue weighted by atomic mass is 32.2. The van der Waals surface area contributed by atoms with E-state index in [4.69, 9.17) is 11.0 Å². The van der Waals surface area contributed by atoms with Gasteiger partial charge < -0.3 is 11.1 Å². The van der Waals surface area contributed by atoms with Gasteiger partial charge in [-0.15, -0.1) is 0 Å². The van der Waals surface area contributed by atoms with Crippen molar-refractivity contribution >= 4 is 23.4 Å². The van der Waals surface area contributed by atoms with Crippen LogP contribution in [0.3, 0.4) is 0 Å². The number of nitrogens with one attached hydrogen (secondary N) is 1. The molecule has 19 heavy (non-hydrogen) atoms. The first-order chi connectivity index (χ1) is 9.21. The first kappa shape index (κ1) is 13.2. The summed E-state index contributed by atoms with van der Waals surface area (Å²) in [7, 11) is 0. The Morgan fingerprint density at radius 1 is 1.37 bits per heavy atom. The van der Waals surface area contributed by atoms with Gasteiger partial charge >= 0.3 is 0 Å². The van der Waals surface area contributed by atoms with Crippen molar-refractivity contribution < 1.29 is 0 Å². The van der Waals surface area contributed by atoms with Gasteiger partial charge in [-0.2, -0.15) is 5.26 Å². The maximum atomic E-state index is 8.84. The van der Waals surface area contributed by atoms with Crippen LogP contribution in [-0.4, -0.2) is 16.2 Å². The van der Waals surface area contributed by atoms with Crippen LogP contribution >= 0.6 is 11.8 Å². The molecule has 1 heterocycles. The van der Waals surface area contributed by atoms with E-state index in [1.165, 1.54) is 11.8 Å². The number of hydrogen-bond donors (Lipinski definition) is 2. The average Bonchev–Trinajstić information content (AvgIpc) is 2.44. The van der Waals surface area contributed by atoms with Gasteiger partial charge in [0.25, 0.3) is 0 Å². The van der Waals surface area contributed by atoms with Gasteiger partial charge in [0.15, 0.2) is 5.16 Å². The van der Waals surface area contributed by atoms with Crippen LogP contribution in [-0.2, 0) is 6.54 Å². The summed E-state index contributed by atoms with van der Waals surface area (Å²) in [4.78, 5) is 8.39. The second-order valence-electron chi connectivity index (χ2n) is 3.83. The van der Waals surface area contributed by atoms with Gasteiger partial charge in [-0.3, -0.25) is 0 Å². The second-order valence-corrected chi connectivity index (χ2v) is 4.60. The molecule has 0 unspecified atom stereocenters. The fourth-order valence-corrected chi connectivity index (χ4v) is 1.95. The first-order valence-electron chi connectivity index (χ1n) is 5.62. The SMILES string of the molecule is CSc1nc(N)cc(NCc2cccc(C#N)c2)n1. The molecule has 0 atom stereocenters. The van der Waals surface area contributed by atoms with E-state index in [1.807, 2.05) is 24.5 Å². The highest BCUT2D eigenvalue weighted by Crippen LogP contribution is 2.16. The molecule has 3 N–H and O–H groups in total. The molecule has 0 radical (unpaired) electrons. The van der Waals surface area contributed by atoms with Crippen molar-refractivity contribution in [1.29, 1.82) is 5.26 Å². The molecule has 0 fully saturated rings. The van der Waals surface area contributed by atoms with Gasteiger partial charge in [-0.25, -0.2) is 9.97 Å². The molecule has 5 nitrogen and oxygen atoms in total. The molecule has 6 heteroatoms. The summed E-state index contributed by atoms with van der Waals surface area (Å²) in [5, 5.41) is 12.6. The van der Waals surface area contributed by atoms with Gasteiger partial charge in [0.1, 0.15) is 11.6 Å². The number of aromatic nitrogens is 2. The predicted molar refractivity (Wildman–Crippen MR) is 76.7 cm³/mol. The van der Waals surface area contributed by atoms with Crippen LogP contribution in [0.15, 0.2) is 35.5 Å². The second kappa shape index (κ2) is 6.07. The normalized spacial score (nSPS) is 9.89. The molecule has 1 aromatic heterocycles. The van der Waals surface area contributed by atoms with Gasteiger partial charge in [0, 0.05) is 12.6 Å². The number of anilines is 2. The highest BCUT2D eigenvalue weighted by molar-refractivity contribution is 7.98. The molecular weight excluding hydrogens is 258 g/mol. The summed E-state index contributed by atoms with van der Waals surface area (Å²) in [6.07, 6.45) is 1.90. The Labute approximate surface area is 115 Å². The van der Waals surface area contributed by atoms with Gasteiger partial charge in [0.2, 0.25) is 0 Å². The standard InChI is InChI=1S/C13H13N5S/c1-19-13-17-11(15)6-12(18-13)16-8-10-4-2-3-9(5-10)7-14/h2-6H,8H2,1H3,(H3,15,16,17,18). The Hall–Kier alpha value is -2.26. The van der Waals surface area contributed by atoms with E-state index in [1.54, 1.807) is 12.1 Å². The molecule has 2 aromatic rings. The third-order valence-electron chi connectivity index (χ3n) is 2.44. The van der Waals surface area contributed by atoms with E-state index in [2.05, 4.69) is 21.4 Å². The lowest BCUT2D eigenvalue weighted by Gasteiger charge is -2.07. The minimum absolute atomic E-state index is 0.438. The zero-order chi connectivity index (χ0) is 13.7. The third-order valence-corrected chi connectivity index (χ3v) is 2.99. The Morgan fingerprint density at radius 2 is 2.21 bits per heavy atom. The molecule has 96 valence electrons. The van der Waals surface area contributed by atoms with Crippen LogP contribution in [0, 0.1) is 11.3 Å². The summed E-state index contributed by atoms with van der Waals surface area (Å²) in [5.41, 5.74) is 7.36. The fourth-order valence-electron chi connectivity index (χ4n) is 1.57. The minimum atomic E-state index is 0.438. The number of nitrogen functional groups attached to an aromatic ring is 1. The van der Waals surface area contributed by atoms with Crippen LogP contribution in [0.25, 0.3) is 0 Å². The number of nitrogens with two attached hydrogens (primary N) is 1. The molecule has 0 amide bonds. The van der Waals surface area contributed by atoms with E-state index in [9.17, 15) is 0 Å². The zero-order valence-electron chi connectivity index (χ0n) is 10.4. The van der Waals surface area contributed by atoms with Crippen molar-refractivity contribution in [2.24, 2.45) is 0 Å². The lowest BCUT2D eigenvalue weighted by atomic mass is 10.1. The molecular formula is C13H13N5S. The number of nitriles is 1. The monoisotopic (exact) mass is 271 g/mol. The van der Waals surface area contributed by atoms with Crippen LogP contribution in [0.5, 0.6) is 0 Å². The Kier molecular flexibility index (Phi) is 4.21. The number of thioether (sulfide) groups is 1. The lowest BCUT2D eigenvalue weighted by Crippen LogP contribution is -2.04. The number of hydrogen-bond acceptors (Lipinski definition) is 6. The van der Waals surface area contributed by atoms with Crippen LogP contribution in [0.4, 0.5) is 11.6 Å². The zero-order valence-corrected chi connectivity index (χ0v) is 11.2. The predicted octanol–water partition coefficient (Wildman–Crippen LogP) is 2.26. The fraction of sp³-hybridized carbons (Fsp3) is 0.154. The van der Waals surface area contributed by atoms with E-state index in [-0.39, 0.29) is 0 Å². The van der Waals surface area contributed by atoms with E-state index >= 15 is 0 Å². The number of rotatable bonds is 4. The quantitative estimate of drug-likeness (QED) is 0.655. The molecule has 0 saturated heterocycles. The molecule has 0 spiro atoms. The van der Waals surface area contributed by atoms with Crippen molar-refractivity contribution in [1.82, 2.24) is 9.97 Å². The molecule has 0 bridgehead atoms. The Morgan fingerprint density at radius 3 is 2.95 bits per heavy atom. The van der Waals surface area contributed by atoms with Crippen molar-refractivity contribution in [2.45, 2.75) is 11.7 Å². The largest absolute Gasteiger partial charge is 0.383 e. The third kappa shape index (κ3) is 3.60. The first-order valence-corrected chi connectivity index (χ1v) is 6.85. The average molecular weight is 271 g/mol. The lowest BCUT2D eigenvalue weighted by molar-refractivity contribution is 0.963. The Bertz CT molecular complexity index is 621. The smallest absolute Gasteiger partial charge is 0.191 e. The van der Waals surface area contributed by atoms with Crippen molar-refractivity contribution in [3.05, 3.63) is 41.5 Å². The van der Waals surface area contributed by atoms with Gasteiger partial charge in [-0.05, 0) is 24.0 Å². The number of benzene rings is 1. The Balaban J connectivity index is 2.10.